The first kappa shape index (κ1) is 20.2. The third-order valence-electron chi connectivity index (χ3n) is 4.09. The number of hydrogen-bond acceptors (Lipinski definition) is 4. The number of sulfonamides is 1. The average Bonchev–Trinajstić information content (AvgIpc) is 3.01. The number of imidazole rings is 1. The smallest absolute Gasteiger partial charge is 0.449 e. The lowest BCUT2D eigenvalue weighted by Crippen LogP contribution is -2.22. The molecule has 3 rings (SSSR count). The Labute approximate surface area is 160 Å². The summed E-state index contributed by atoms with van der Waals surface area (Å²) in [5.74, 6) is -0.625. The molecule has 0 aliphatic rings. The minimum atomic E-state index is -4.58. The highest BCUT2D eigenvalue weighted by molar-refractivity contribution is 7.89. The van der Waals surface area contributed by atoms with Crippen LogP contribution in [0, 0.1) is 0 Å². The van der Waals surface area contributed by atoms with Gasteiger partial charge in [-0.05, 0) is 36.4 Å². The van der Waals surface area contributed by atoms with Crippen molar-refractivity contribution >= 4 is 21.1 Å². The van der Waals surface area contributed by atoms with Crippen molar-refractivity contribution in [2.45, 2.75) is 17.6 Å². The predicted molar refractivity (Wildman–Crippen MR) is 97.5 cm³/mol. The first-order valence-electron chi connectivity index (χ1n) is 8.28. The van der Waals surface area contributed by atoms with Crippen LogP contribution >= 0.6 is 0 Å². The normalized spacial score (nSPS) is 12.6. The van der Waals surface area contributed by atoms with Gasteiger partial charge in [-0.1, -0.05) is 12.1 Å². The van der Waals surface area contributed by atoms with Gasteiger partial charge in [0.25, 0.3) is 0 Å². The topological polar surface area (TPSA) is 64.4 Å². The standard InChI is InChI=1S/C18H18F3N3O3S/c1-23(2)28(25,26)14-9-7-13(8-10-14)27-12-11-24-16-6-4-3-5-15(16)22-17(24)18(19,20)21/h3-10H,11-12H2,1-2H3. The van der Waals surface area contributed by atoms with Crippen molar-refractivity contribution in [2.24, 2.45) is 0 Å². The van der Waals surface area contributed by atoms with Crippen LogP contribution in [0.15, 0.2) is 53.4 Å². The molecule has 0 amide bonds. The Kier molecular flexibility index (Phi) is 5.35. The van der Waals surface area contributed by atoms with E-state index >= 15 is 0 Å². The summed E-state index contributed by atoms with van der Waals surface area (Å²) in [5.41, 5.74) is 0.624. The molecule has 0 bridgehead atoms. The van der Waals surface area contributed by atoms with Crippen molar-refractivity contribution in [1.29, 1.82) is 0 Å². The second-order valence-electron chi connectivity index (χ2n) is 6.18. The van der Waals surface area contributed by atoms with Crippen LogP contribution < -0.4 is 4.74 Å². The number of halogens is 3. The molecule has 0 aliphatic carbocycles. The summed E-state index contributed by atoms with van der Waals surface area (Å²) < 4.78 is 71.6. The summed E-state index contributed by atoms with van der Waals surface area (Å²) in [6, 6.07) is 12.1. The van der Waals surface area contributed by atoms with Gasteiger partial charge in [0, 0.05) is 14.1 Å². The van der Waals surface area contributed by atoms with Gasteiger partial charge < -0.3 is 9.30 Å². The van der Waals surface area contributed by atoms with E-state index < -0.39 is 22.0 Å². The van der Waals surface area contributed by atoms with Crippen LogP contribution in [-0.4, -0.2) is 43.0 Å². The van der Waals surface area contributed by atoms with E-state index in [2.05, 4.69) is 4.98 Å². The molecule has 0 spiro atoms. The summed E-state index contributed by atoms with van der Waals surface area (Å²) in [5, 5.41) is 0. The second kappa shape index (κ2) is 7.44. The Morgan fingerprint density at radius 3 is 2.32 bits per heavy atom. The van der Waals surface area contributed by atoms with Crippen LogP contribution in [0.4, 0.5) is 13.2 Å². The summed E-state index contributed by atoms with van der Waals surface area (Å²) in [6.07, 6.45) is -4.58. The quantitative estimate of drug-likeness (QED) is 0.622. The molecule has 0 unspecified atom stereocenters. The lowest BCUT2D eigenvalue weighted by atomic mass is 10.3. The number of nitrogens with zero attached hydrogens (tertiary/aromatic N) is 3. The SMILES string of the molecule is CN(C)S(=O)(=O)c1ccc(OCCn2c(C(F)(F)F)nc3ccccc32)cc1. The van der Waals surface area contributed by atoms with Gasteiger partial charge in [-0.15, -0.1) is 0 Å². The van der Waals surface area contributed by atoms with E-state index in [0.29, 0.717) is 11.3 Å². The van der Waals surface area contributed by atoms with Gasteiger partial charge in [0.1, 0.15) is 12.4 Å². The van der Waals surface area contributed by atoms with Crippen LogP contribution in [0.25, 0.3) is 11.0 Å². The molecular weight excluding hydrogens is 395 g/mol. The summed E-state index contributed by atoms with van der Waals surface area (Å²) in [4.78, 5) is 3.78. The zero-order chi connectivity index (χ0) is 20.5. The van der Waals surface area contributed by atoms with Crippen molar-refractivity contribution in [1.82, 2.24) is 13.9 Å². The lowest BCUT2D eigenvalue weighted by molar-refractivity contribution is -0.147. The summed E-state index contributed by atoms with van der Waals surface area (Å²) in [7, 11) is -0.707. The van der Waals surface area contributed by atoms with Crippen LogP contribution in [0.1, 0.15) is 5.82 Å². The highest BCUT2D eigenvalue weighted by Crippen LogP contribution is 2.31. The van der Waals surface area contributed by atoms with Crippen molar-refractivity contribution < 1.29 is 26.3 Å². The molecule has 0 aliphatic heterocycles. The minimum absolute atomic E-state index is 0.0385. The van der Waals surface area contributed by atoms with Crippen molar-refractivity contribution in [3.05, 3.63) is 54.4 Å². The van der Waals surface area contributed by atoms with Crippen molar-refractivity contribution in [2.75, 3.05) is 20.7 Å². The van der Waals surface area contributed by atoms with Crippen molar-refractivity contribution in [3.8, 4) is 5.75 Å². The maximum Gasteiger partial charge on any atom is 0.449 e. The highest BCUT2D eigenvalue weighted by atomic mass is 32.2. The highest BCUT2D eigenvalue weighted by Gasteiger charge is 2.37. The maximum absolute atomic E-state index is 13.3. The molecule has 6 nitrogen and oxygen atoms in total. The van der Waals surface area contributed by atoms with E-state index in [1.165, 1.54) is 44.4 Å². The molecule has 28 heavy (non-hydrogen) atoms. The number of benzene rings is 2. The van der Waals surface area contributed by atoms with E-state index in [0.717, 1.165) is 8.87 Å². The first-order chi connectivity index (χ1) is 13.1. The minimum Gasteiger partial charge on any atom is -0.492 e. The number of hydrogen-bond donors (Lipinski definition) is 0. The van der Waals surface area contributed by atoms with Gasteiger partial charge in [0.2, 0.25) is 15.8 Å². The maximum atomic E-state index is 13.3. The van der Waals surface area contributed by atoms with Crippen LogP contribution in [0.2, 0.25) is 0 Å². The van der Waals surface area contributed by atoms with Crippen LogP contribution in [-0.2, 0) is 22.7 Å². The largest absolute Gasteiger partial charge is 0.492 e. The third-order valence-corrected chi connectivity index (χ3v) is 5.92. The fourth-order valence-corrected chi connectivity index (χ4v) is 3.59. The molecule has 150 valence electrons. The molecule has 10 heteroatoms. The number of rotatable bonds is 6. The number of ether oxygens (including phenoxy) is 1. The van der Waals surface area contributed by atoms with Gasteiger partial charge in [0.15, 0.2) is 0 Å². The monoisotopic (exact) mass is 413 g/mol. The van der Waals surface area contributed by atoms with Crippen molar-refractivity contribution in [3.63, 3.8) is 0 Å². The molecule has 3 aromatic rings. The molecular formula is C18H18F3N3O3S. The lowest BCUT2D eigenvalue weighted by Gasteiger charge is -2.13. The molecule has 0 radical (unpaired) electrons. The van der Waals surface area contributed by atoms with Gasteiger partial charge in [-0.25, -0.2) is 17.7 Å². The van der Waals surface area contributed by atoms with E-state index in [-0.39, 0.29) is 23.6 Å². The Balaban J connectivity index is 1.75. The molecule has 0 N–H and O–H groups in total. The van der Waals surface area contributed by atoms with Crippen LogP contribution in [0.5, 0.6) is 5.75 Å². The number of fused-ring (bicyclic) bond motifs is 1. The number of aromatic nitrogens is 2. The molecule has 0 saturated carbocycles. The van der Waals surface area contributed by atoms with Gasteiger partial charge in [-0.2, -0.15) is 13.2 Å². The molecule has 0 saturated heterocycles. The molecule has 2 aromatic carbocycles. The molecule has 0 fully saturated rings. The number of alkyl halides is 3. The third kappa shape index (κ3) is 3.97. The Morgan fingerprint density at radius 2 is 1.71 bits per heavy atom. The fourth-order valence-electron chi connectivity index (χ4n) is 2.69. The predicted octanol–water partition coefficient (Wildman–Crippen LogP) is 3.38. The Bertz CT molecular complexity index is 1070. The van der Waals surface area contributed by atoms with E-state index in [9.17, 15) is 21.6 Å². The average molecular weight is 413 g/mol. The first-order valence-corrected chi connectivity index (χ1v) is 9.72. The second-order valence-corrected chi connectivity index (χ2v) is 8.33. The van der Waals surface area contributed by atoms with Gasteiger partial charge in [0.05, 0.1) is 22.5 Å². The zero-order valence-electron chi connectivity index (χ0n) is 15.1. The molecule has 1 aromatic heterocycles. The number of para-hydroxylation sites is 2. The summed E-state index contributed by atoms with van der Waals surface area (Å²) >= 11 is 0. The van der Waals surface area contributed by atoms with E-state index in [1.807, 2.05) is 0 Å². The molecule has 1 heterocycles. The summed E-state index contributed by atoms with van der Waals surface area (Å²) in [6.45, 7) is -0.101. The Hall–Kier alpha value is -2.59. The van der Waals surface area contributed by atoms with E-state index in [1.54, 1.807) is 18.2 Å². The van der Waals surface area contributed by atoms with Crippen LogP contribution in [0.3, 0.4) is 0 Å². The Morgan fingerprint density at radius 1 is 1.07 bits per heavy atom. The zero-order valence-corrected chi connectivity index (χ0v) is 16.0. The van der Waals surface area contributed by atoms with Gasteiger partial charge >= 0.3 is 6.18 Å². The van der Waals surface area contributed by atoms with E-state index in [4.69, 9.17) is 4.74 Å². The fraction of sp³-hybridized carbons (Fsp3) is 0.278. The molecule has 0 atom stereocenters. The van der Waals surface area contributed by atoms with Gasteiger partial charge in [-0.3, -0.25) is 0 Å².